The topological polar surface area (TPSA) is 67.6 Å². The molecular weight excluding hydrogens is 478 g/mol. The van der Waals surface area contributed by atoms with E-state index in [2.05, 4.69) is 26.2 Å². The summed E-state index contributed by atoms with van der Waals surface area (Å²) in [5.74, 6) is 1.08. The van der Waals surface area contributed by atoms with E-state index in [-0.39, 0.29) is 24.6 Å². The number of pyridine rings is 1. The number of aromatic nitrogens is 1. The zero-order valence-corrected chi connectivity index (χ0v) is 19.6. The van der Waals surface area contributed by atoms with Gasteiger partial charge in [0.15, 0.2) is 5.11 Å². The van der Waals surface area contributed by atoms with Crippen LogP contribution in [0.3, 0.4) is 0 Å². The van der Waals surface area contributed by atoms with Crippen LogP contribution >= 0.6 is 28.1 Å². The molecule has 0 bridgehead atoms. The van der Waals surface area contributed by atoms with Crippen molar-refractivity contribution in [2.45, 2.75) is 25.9 Å². The zero-order chi connectivity index (χ0) is 22.0. The van der Waals surface area contributed by atoms with Gasteiger partial charge in [0.05, 0.1) is 18.3 Å². The number of carbonyl (C=O) groups is 1. The Labute approximate surface area is 194 Å². The summed E-state index contributed by atoms with van der Waals surface area (Å²) in [6.45, 7) is 4.16. The Morgan fingerprint density at radius 2 is 2.13 bits per heavy atom. The molecular formula is C23H22BrN3O3S. The van der Waals surface area contributed by atoms with Crippen LogP contribution in [-0.4, -0.2) is 34.1 Å². The van der Waals surface area contributed by atoms with E-state index in [0.717, 1.165) is 27.1 Å². The molecule has 3 heterocycles. The highest BCUT2D eigenvalue weighted by Crippen LogP contribution is 2.41. The Morgan fingerprint density at radius 1 is 1.29 bits per heavy atom. The van der Waals surface area contributed by atoms with Crippen molar-refractivity contribution in [1.29, 1.82) is 0 Å². The van der Waals surface area contributed by atoms with E-state index in [1.807, 2.05) is 55.5 Å². The number of benzene rings is 1. The van der Waals surface area contributed by atoms with Crippen LogP contribution in [-0.2, 0) is 9.53 Å². The third kappa shape index (κ3) is 4.50. The van der Waals surface area contributed by atoms with Crippen LogP contribution in [0.15, 0.2) is 63.6 Å². The maximum absolute atomic E-state index is 12.3. The summed E-state index contributed by atoms with van der Waals surface area (Å²) >= 11 is 9.18. The average molecular weight is 500 g/mol. The fourth-order valence-electron chi connectivity index (χ4n) is 3.71. The van der Waals surface area contributed by atoms with Gasteiger partial charge in [0.25, 0.3) is 0 Å². The quantitative estimate of drug-likeness (QED) is 0.380. The normalized spacial score (nSPS) is 18.2. The van der Waals surface area contributed by atoms with Crippen molar-refractivity contribution in [1.82, 2.24) is 15.2 Å². The maximum atomic E-state index is 12.3. The highest BCUT2D eigenvalue weighted by Gasteiger charge is 2.42. The largest absolute Gasteiger partial charge is 0.465 e. The maximum Gasteiger partial charge on any atom is 0.325 e. The van der Waals surface area contributed by atoms with Crippen LogP contribution < -0.4 is 5.32 Å². The molecule has 4 rings (SSSR count). The van der Waals surface area contributed by atoms with Gasteiger partial charge in [-0.05, 0) is 68.0 Å². The van der Waals surface area contributed by atoms with Gasteiger partial charge < -0.3 is 19.4 Å². The highest BCUT2D eigenvalue weighted by molar-refractivity contribution is 9.10. The number of nitrogens with zero attached hydrogens (tertiary/aromatic N) is 2. The second-order valence-corrected chi connectivity index (χ2v) is 8.49. The Bertz CT molecular complexity index is 1100. The van der Waals surface area contributed by atoms with Crippen LogP contribution in [0, 0.1) is 6.92 Å². The number of hydrogen-bond acceptors (Lipinski definition) is 5. The van der Waals surface area contributed by atoms with Gasteiger partial charge in [-0.2, -0.15) is 0 Å². The van der Waals surface area contributed by atoms with Crippen LogP contribution in [0.25, 0.3) is 11.3 Å². The van der Waals surface area contributed by atoms with Crippen molar-refractivity contribution < 1.29 is 13.9 Å². The predicted octanol–water partition coefficient (Wildman–Crippen LogP) is 4.95. The van der Waals surface area contributed by atoms with Gasteiger partial charge >= 0.3 is 5.97 Å². The molecule has 0 amide bonds. The summed E-state index contributed by atoms with van der Waals surface area (Å²) < 4.78 is 12.4. The molecule has 2 atom stereocenters. The first kappa shape index (κ1) is 21.5. The molecule has 160 valence electrons. The van der Waals surface area contributed by atoms with Crippen molar-refractivity contribution in [2.24, 2.45) is 0 Å². The third-order valence-electron chi connectivity index (χ3n) is 5.11. The summed E-state index contributed by atoms with van der Waals surface area (Å²) in [6, 6.07) is 15.1. The van der Waals surface area contributed by atoms with E-state index in [4.69, 9.17) is 21.4 Å². The average Bonchev–Trinajstić information content (AvgIpc) is 3.34. The standard InChI is InChI=1S/C23H22BrN3O3S/c1-3-29-20(28)13-27-22(21(26-23(27)31)17-6-4-5-11-25-17)19-10-9-18(30-19)15-8-7-14(2)12-16(15)24/h4-12,21-22H,3,13H2,1-2H3,(H,26,31)/t21-,22-/m0/s1. The van der Waals surface area contributed by atoms with Gasteiger partial charge in [-0.3, -0.25) is 9.78 Å². The van der Waals surface area contributed by atoms with E-state index < -0.39 is 0 Å². The van der Waals surface area contributed by atoms with E-state index in [1.54, 1.807) is 18.0 Å². The zero-order valence-electron chi connectivity index (χ0n) is 17.2. The molecule has 0 radical (unpaired) electrons. The van der Waals surface area contributed by atoms with Crippen molar-refractivity contribution in [3.8, 4) is 11.3 Å². The molecule has 1 aliphatic rings. The van der Waals surface area contributed by atoms with Crippen molar-refractivity contribution in [2.75, 3.05) is 13.2 Å². The molecule has 0 unspecified atom stereocenters. The van der Waals surface area contributed by atoms with Crippen LogP contribution in [0.5, 0.6) is 0 Å². The van der Waals surface area contributed by atoms with Gasteiger partial charge in [0.2, 0.25) is 0 Å². The summed E-state index contributed by atoms with van der Waals surface area (Å²) in [6.07, 6.45) is 1.74. The lowest BCUT2D eigenvalue weighted by Gasteiger charge is -2.25. The monoisotopic (exact) mass is 499 g/mol. The summed E-state index contributed by atoms with van der Waals surface area (Å²) in [4.78, 5) is 18.6. The molecule has 0 spiro atoms. The number of esters is 1. The molecule has 0 saturated carbocycles. The first-order chi connectivity index (χ1) is 15.0. The molecule has 1 fully saturated rings. The van der Waals surface area contributed by atoms with Gasteiger partial charge in [-0.1, -0.05) is 28.1 Å². The Balaban J connectivity index is 1.72. The number of hydrogen-bond donors (Lipinski definition) is 1. The Hall–Kier alpha value is -2.71. The number of furan rings is 1. The minimum atomic E-state index is -0.343. The van der Waals surface area contributed by atoms with E-state index in [0.29, 0.717) is 17.5 Å². The fraction of sp³-hybridized carbons (Fsp3) is 0.261. The molecule has 1 N–H and O–H groups in total. The smallest absolute Gasteiger partial charge is 0.325 e. The van der Waals surface area contributed by atoms with E-state index in [9.17, 15) is 4.79 Å². The SMILES string of the molecule is CCOC(=O)CN1C(=S)N[C@@H](c2ccccn2)[C@@H]1c1ccc(-c2ccc(C)cc2Br)o1. The lowest BCUT2D eigenvalue weighted by Crippen LogP contribution is -2.35. The van der Waals surface area contributed by atoms with Crippen LogP contribution in [0.1, 0.15) is 36.0 Å². The minimum Gasteiger partial charge on any atom is -0.465 e. The van der Waals surface area contributed by atoms with Gasteiger partial charge in [-0.15, -0.1) is 0 Å². The number of nitrogens with one attached hydrogen (secondary N) is 1. The number of carbonyl (C=O) groups excluding carboxylic acids is 1. The van der Waals surface area contributed by atoms with Crippen molar-refractivity contribution in [3.63, 3.8) is 0 Å². The molecule has 31 heavy (non-hydrogen) atoms. The molecule has 1 aromatic carbocycles. The molecule has 0 aliphatic carbocycles. The van der Waals surface area contributed by atoms with E-state index >= 15 is 0 Å². The van der Waals surface area contributed by atoms with E-state index in [1.165, 1.54) is 0 Å². The second-order valence-electron chi connectivity index (χ2n) is 7.24. The van der Waals surface area contributed by atoms with Gasteiger partial charge in [0, 0.05) is 16.2 Å². The minimum absolute atomic E-state index is 0.0257. The van der Waals surface area contributed by atoms with Crippen LogP contribution in [0.4, 0.5) is 0 Å². The summed E-state index contributed by atoms with van der Waals surface area (Å²) in [7, 11) is 0. The second kappa shape index (κ2) is 9.20. The summed E-state index contributed by atoms with van der Waals surface area (Å²) in [5.41, 5.74) is 2.93. The Morgan fingerprint density at radius 3 is 2.84 bits per heavy atom. The molecule has 3 aromatic rings. The molecule has 1 saturated heterocycles. The van der Waals surface area contributed by atoms with Gasteiger partial charge in [-0.25, -0.2) is 0 Å². The lowest BCUT2D eigenvalue weighted by molar-refractivity contribution is -0.143. The number of thiocarbonyl (C=S) groups is 1. The first-order valence-electron chi connectivity index (χ1n) is 9.98. The Kier molecular flexibility index (Phi) is 6.38. The number of rotatable bonds is 6. The van der Waals surface area contributed by atoms with Crippen LogP contribution in [0.2, 0.25) is 0 Å². The highest BCUT2D eigenvalue weighted by atomic mass is 79.9. The predicted molar refractivity (Wildman–Crippen MR) is 125 cm³/mol. The molecule has 1 aliphatic heterocycles. The first-order valence-corrected chi connectivity index (χ1v) is 11.2. The third-order valence-corrected chi connectivity index (χ3v) is 6.12. The molecule has 8 heteroatoms. The van der Waals surface area contributed by atoms with Crippen molar-refractivity contribution >= 4 is 39.2 Å². The fourth-order valence-corrected chi connectivity index (χ4v) is 4.70. The number of halogens is 1. The van der Waals surface area contributed by atoms with Gasteiger partial charge in [0.1, 0.15) is 24.1 Å². The molecule has 6 nitrogen and oxygen atoms in total. The lowest BCUT2D eigenvalue weighted by atomic mass is 10.0. The number of ether oxygens (including phenoxy) is 1. The van der Waals surface area contributed by atoms with Crippen molar-refractivity contribution in [3.05, 3.63) is 76.2 Å². The number of aryl methyl sites for hydroxylation is 1. The molecule has 2 aromatic heterocycles. The summed E-state index contributed by atoms with van der Waals surface area (Å²) in [5, 5.41) is 3.76.